The molecule has 78 valence electrons. The zero-order valence-electron chi connectivity index (χ0n) is 8.63. The predicted octanol–water partition coefficient (Wildman–Crippen LogP) is 1.71. The van der Waals surface area contributed by atoms with Crippen LogP contribution in [0, 0.1) is 0 Å². The number of nitrogens with zero attached hydrogens (tertiary/aromatic N) is 1. The van der Waals surface area contributed by atoms with Crippen molar-refractivity contribution in [3.8, 4) is 0 Å². The van der Waals surface area contributed by atoms with Gasteiger partial charge in [-0.25, -0.2) is 4.98 Å². The fourth-order valence-electron chi connectivity index (χ4n) is 0.893. The number of amides is 1. The maximum atomic E-state index is 11.5. The third-order valence-corrected chi connectivity index (χ3v) is 2.80. The Morgan fingerprint density at radius 1 is 1.71 bits per heavy atom. The van der Waals surface area contributed by atoms with Gasteiger partial charge in [-0.1, -0.05) is 6.92 Å². The topological polar surface area (TPSA) is 54.0 Å². The van der Waals surface area contributed by atoms with E-state index in [1.165, 1.54) is 11.3 Å². The maximum absolute atomic E-state index is 11.5. The lowest BCUT2D eigenvalue weighted by atomic mass is 10.2. The molecule has 4 nitrogen and oxygen atoms in total. The summed E-state index contributed by atoms with van der Waals surface area (Å²) in [6, 6.07) is 0.197. The molecule has 1 amide bonds. The molecule has 0 spiro atoms. The van der Waals surface area contributed by atoms with Crippen molar-refractivity contribution in [3.63, 3.8) is 0 Å². The van der Waals surface area contributed by atoms with Crippen LogP contribution in [0.3, 0.4) is 0 Å². The van der Waals surface area contributed by atoms with Gasteiger partial charge in [-0.05, 0) is 13.3 Å². The van der Waals surface area contributed by atoms with Crippen LogP contribution >= 0.6 is 11.3 Å². The van der Waals surface area contributed by atoms with Crippen molar-refractivity contribution in [3.05, 3.63) is 11.1 Å². The Hall–Kier alpha value is -1.10. The Morgan fingerprint density at radius 2 is 2.43 bits per heavy atom. The molecule has 5 heteroatoms. The van der Waals surface area contributed by atoms with E-state index in [1.807, 2.05) is 13.8 Å². The van der Waals surface area contributed by atoms with Crippen molar-refractivity contribution in [2.24, 2.45) is 0 Å². The molecule has 0 aliphatic rings. The van der Waals surface area contributed by atoms with Crippen molar-refractivity contribution in [2.75, 3.05) is 12.4 Å². The van der Waals surface area contributed by atoms with Gasteiger partial charge in [-0.15, -0.1) is 11.3 Å². The predicted molar refractivity (Wildman–Crippen MR) is 58.9 cm³/mol. The van der Waals surface area contributed by atoms with Gasteiger partial charge in [0.25, 0.3) is 5.91 Å². The minimum atomic E-state index is -0.0999. The second-order valence-electron chi connectivity index (χ2n) is 3.07. The summed E-state index contributed by atoms with van der Waals surface area (Å²) in [5.74, 6) is -0.0999. The van der Waals surface area contributed by atoms with E-state index in [9.17, 15) is 4.79 Å². The molecule has 1 atom stereocenters. The van der Waals surface area contributed by atoms with Crippen LogP contribution in [0.5, 0.6) is 0 Å². The minimum Gasteiger partial charge on any atom is -0.365 e. The summed E-state index contributed by atoms with van der Waals surface area (Å²) in [5.41, 5.74) is 0.486. The number of aromatic nitrogens is 1. The van der Waals surface area contributed by atoms with Crippen molar-refractivity contribution in [2.45, 2.75) is 26.3 Å². The number of nitrogens with one attached hydrogen (secondary N) is 2. The van der Waals surface area contributed by atoms with E-state index in [1.54, 1.807) is 12.4 Å². The summed E-state index contributed by atoms with van der Waals surface area (Å²) in [6.45, 7) is 4.01. The maximum Gasteiger partial charge on any atom is 0.271 e. The highest BCUT2D eigenvalue weighted by molar-refractivity contribution is 7.13. The zero-order chi connectivity index (χ0) is 10.6. The highest BCUT2D eigenvalue weighted by atomic mass is 32.1. The number of carbonyl (C=O) groups excluding carboxylic acids is 1. The molecule has 0 saturated heterocycles. The largest absolute Gasteiger partial charge is 0.365 e. The SMILES string of the molecule is CCC(C)NC(=O)c1csc(NC)n1. The fraction of sp³-hybridized carbons (Fsp3) is 0.556. The molecule has 14 heavy (non-hydrogen) atoms. The Kier molecular flexibility index (Phi) is 3.88. The average Bonchev–Trinajstić information content (AvgIpc) is 2.65. The first kappa shape index (κ1) is 11.0. The lowest BCUT2D eigenvalue weighted by molar-refractivity contribution is 0.0935. The van der Waals surface area contributed by atoms with Crippen LogP contribution in [0.15, 0.2) is 5.38 Å². The van der Waals surface area contributed by atoms with Gasteiger partial charge in [-0.2, -0.15) is 0 Å². The zero-order valence-corrected chi connectivity index (χ0v) is 9.44. The second kappa shape index (κ2) is 4.95. The fourth-order valence-corrected chi connectivity index (χ4v) is 1.54. The first-order valence-corrected chi connectivity index (χ1v) is 5.49. The Morgan fingerprint density at radius 3 is 2.93 bits per heavy atom. The van der Waals surface area contributed by atoms with Crippen LogP contribution in [0.25, 0.3) is 0 Å². The molecule has 1 unspecified atom stereocenters. The molecule has 0 aliphatic carbocycles. The summed E-state index contributed by atoms with van der Waals surface area (Å²) < 4.78 is 0. The highest BCUT2D eigenvalue weighted by Gasteiger charge is 2.11. The first-order chi connectivity index (χ1) is 6.67. The molecule has 0 radical (unpaired) electrons. The van der Waals surface area contributed by atoms with Gasteiger partial charge < -0.3 is 10.6 Å². The Bertz CT molecular complexity index is 311. The highest BCUT2D eigenvalue weighted by Crippen LogP contribution is 2.14. The summed E-state index contributed by atoms with van der Waals surface area (Å²) >= 11 is 1.43. The molecular formula is C9H15N3OS. The smallest absolute Gasteiger partial charge is 0.271 e. The molecule has 2 N–H and O–H groups in total. The van der Waals surface area contributed by atoms with E-state index in [4.69, 9.17) is 0 Å². The number of hydrogen-bond acceptors (Lipinski definition) is 4. The molecule has 1 rings (SSSR count). The first-order valence-electron chi connectivity index (χ1n) is 4.61. The monoisotopic (exact) mass is 213 g/mol. The Labute approximate surface area is 87.7 Å². The van der Waals surface area contributed by atoms with E-state index < -0.39 is 0 Å². The quantitative estimate of drug-likeness (QED) is 0.800. The van der Waals surface area contributed by atoms with E-state index in [-0.39, 0.29) is 11.9 Å². The van der Waals surface area contributed by atoms with Crippen LogP contribution in [-0.2, 0) is 0 Å². The van der Waals surface area contributed by atoms with E-state index >= 15 is 0 Å². The van der Waals surface area contributed by atoms with Gasteiger partial charge in [0.2, 0.25) is 0 Å². The van der Waals surface area contributed by atoms with Gasteiger partial charge >= 0.3 is 0 Å². The molecule has 0 bridgehead atoms. The van der Waals surface area contributed by atoms with Crippen LogP contribution in [0.2, 0.25) is 0 Å². The standard InChI is InChI=1S/C9H15N3OS/c1-4-6(2)11-8(13)7-5-14-9(10-3)12-7/h5-6H,4H2,1-3H3,(H,10,12)(H,11,13). The van der Waals surface area contributed by atoms with Gasteiger partial charge in [0.15, 0.2) is 5.13 Å². The minimum absolute atomic E-state index is 0.0999. The van der Waals surface area contributed by atoms with Crippen LogP contribution in [0.1, 0.15) is 30.8 Å². The summed E-state index contributed by atoms with van der Waals surface area (Å²) in [6.07, 6.45) is 0.925. The van der Waals surface area contributed by atoms with E-state index in [2.05, 4.69) is 15.6 Å². The third-order valence-electron chi connectivity index (χ3n) is 1.94. The molecular weight excluding hydrogens is 198 g/mol. The van der Waals surface area contributed by atoms with Crippen molar-refractivity contribution in [1.29, 1.82) is 0 Å². The lowest BCUT2D eigenvalue weighted by Gasteiger charge is -2.09. The number of anilines is 1. The normalized spacial score (nSPS) is 12.2. The average molecular weight is 213 g/mol. The molecule has 1 heterocycles. The van der Waals surface area contributed by atoms with E-state index in [0.717, 1.165) is 11.6 Å². The molecule has 1 aromatic rings. The molecule has 0 aliphatic heterocycles. The van der Waals surface area contributed by atoms with Crippen molar-refractivity contribution < 1.29 is 4.79 Å². The Balaban J connectivity index is 2.60. The molecule has 0 aromatic carbocycles. The van der Waals surface area contributed by atoms with Crippen molar-refractivity contribution in [1.82, 2.24) is 10.3 Å². The van der Waals surface area contributed by atoms with Crippen molar-refractivity contribution >= 4 is 22.4 Å². The number of carbonyl (C=O) groups is 1. The number of thiazole rings is 1. The summed E-state index contributed by atoms with van der Waals surface area (Å²) in [4.78, 5) is 15.7. The van der Waals surface area contributed by atoms with Gasteiger partial charge in [0, 0.05) is 18.5 Å². The number of rotatable bonds is 4. The molecule has 0 saturated carbocycles. The summed E-state index contributed by atoms with van der Waals surface area (Å²) in [7, 11) is 1.79. The van der Waals surface area contributed by atoms with Crippen LogP contribution in [-0.4, -0.2) is 24.0 Å². The lowest BCUT2D eigenvalue weighted by Crippen LogP contribution is -2.32. The van der Waals surface area contributed by atoms with Gasteiger partial charge in [0.05, 0.1) is 0 Å². The molecule has 0 fully saturated rings. The third kappa shape index (κ3) is 2.70. The van der Waals surface area contributed by atoms with Crippen LogP contribution in [0.4, 0.5) is 5.13 Å². The summed E-state index contributed by atoms with van der Waals surface area (Å²) in [5, 5.41) is 8.27. The van der Waals surface area contributed by atoms with Crippen LogP contribution < -0.4 is 10.6 Å². The molecule has 1 aromatic heterocycles. The van der Waals surface area contributed by atoms with Gasteiger partial charge in [0.1, 0.15) is 5.69 Å². The number of hydrogen-bond donors (Lipinski definition) is 2. The second-order valence-corrected chi connectivity index (χ2v) is 3.93. The van der Waals surface area contributed by atoms with Gasteiger partial charge in [-0.3, -0.25) is 4.79 Å². The van der Waals surface area contributed by atoms with E-state index in [0.29, 0.717) is 5.69 Å².